The minimum Gasteiger partial charge on any atom is -0.206 e. The molecule has 112 valence electrons. The second-order valence-electron chi connectivity index (χ2n) is 6.13. The van der Waals surface area contributed by atoms with Crippen LogP contribution in [0.4, 0.5) is 4.39 Å². The number of nitrogens with zero attached hydrogens (tertiary/aromatic N) is 1. The van der Waals surface area contributed by atoms with Gasteiger partial charge in [-0.2, -0.15) is 5.26 Å². The van der Waals surface area contributed by atoms with E-state index in [1.807, 2.05) is 12.1 Å². The molecule has 1 aromatic carbocycles. The zero-order valence-corrected chi connectivity index (χ0v) is 12.8. The maximum Gasteiger partial charge on any atom is 0.141 e. The van der Waals surface area contributed by atoms with E-state index in [0.29, 0.717) is 0 Å². The third kappa shape index (κ3) is 4.70. The molecular weight excluding hydrogens is 261 g/mol. The topological polar surface area (TPSA) is 23.8 Å². The van der Waals surface area contributed by atoms with Gasteiger partial charge in [0.25, 0.3) is 0 Å². The Bertz CT molecular complexity index is 519. The maximum absolute atomic E-state index is 13.5. The molecule has 0 saturated heterocycles. The van der Waals surface area contributed by atoms with Gasteiger partial charge in [0, 0.05) is 0 Å². The fourth-order valence-electron chi connectivity index (χ4n) is 3.21. The molecule has 0 bridgehead atoms. The van der Waals surface area contributed by atoms with Crippen LogP contribution in [0.2, 0.25) is 0 Å². The van der Waals surface area contributed by atoms with Crippen molar-refractivity contribution in [2.75, 3.05) is 0 Å². The van der Waals surface area contributed by atoms with Crippen LogP contribution in [0.5, 0.6) is 0 Å². The summed E-state index contributed by atoms with van der Waals surface area (Å²) in [5.41, 5.74) is 0.945. The third-order valence-electron chi connectivity index (χ3n) is 4.71. The Labute approximate surface area is 127 Å². The fourth-order valence-corrected chi connectivity index (χ4v) is 3.21. The zero-order valence-electron chi connectivity index (χ0n) is 12.8. The van der Waals surface area contributed by atoms with Crippen molar-refractivity contribution in [2.24, 2.45) is 11.8 Å². The Morgan fingerprint density at radius 1 is 1.24 bits per heavy atom. The van der Waals surface area contributed by atoms with E-state index in [-0.39, 0.29) is 5.56 Å². The first-order valence-electron chi connectivity index (χ1n) is 8.09. The number of nitriles is 1. The van der Waals surface area contributed by atoms with Gasteiger partial charge in [0.15, 0.2) is 0 Å². The summed E-state index contributed by atoms with van der Waals surface area (Å²) >= 11 is 0. The average Bonchev–Trinajstić information content (AvgIpc) is 2.52. The number of hydrogen-bond acceptors (Lipinski definition) is 1. The maximum atomic E-state index is 13.5. The summed E-state index contributed by atoms with van der Waals surface area (Å²) in [6, 6.07) is 6.61. The minimum atomic E-state index is -0.433. The Hall–Kier alpha value is -1.62. The van der Waals surface area contributed by atoms with Crippen molar-refractivity contribution in [1.29, 1.82) is 5.26 Å². The molecule has 1 aromatic rings. The monoisotopic (exact) mass is 285 g/mol. The van der Waals surface area contributed by atoms with Crippen molar-refractivity contribution in [3.8, 4) is 6.07 Å². The number of halogens is 1. The normalized spacial score (nSPS) is 22.3. The molecule has 0 amide bonds. The molecule has 0 radical (unpaired) electrons. The van der Waals surface area contributed by atoms with E-state index in [2.05, 4.69) is 13.0 Å². The molecule has 1 aliphatic rings. The Balaban J connectivity index is 1.76. The molecule has 2 heteroatoms. The minimum absolute atomic E-state index is 0.111. The summed E-state index contributed by atoms with van der Waals surface area (Å²) in [5.74, 6) is 1.39. The second-order valence-corrected chi connectivity index (χ2v) is 6.13. The van der Waals surface area contributed by atoms with Crippen LogP contribution in [0, 0.1) is 29.0 Å². The first kappa shape index (κ1) is 15.8. The van der Waals surface area contributed by atoms with Gasteiger partial charge in [-0.25, -0.2) is 4.39 Å². The van der Waals surface area contributed by atoms with E-state index in [1.54, 1.807) is 12.1 Å². The molecule has 2 rings (SSSR count). The van der Waals surface area contributed by atoms with Crippen molar-refractivity contribution in [1.82, 2.24) is 0 Å². The Kier molecular flexibility index (Phi) is 5.99. The summed E-state index contributed by atoms with van der Waals surface area (Å²) in [6.45, 7) is 2.30. The molecule has 0 heterocycles. The molecule has 0 atom stereocenters. The van der Waals surface area contributed by atoms with Crippen molar-refractivity contribution < 1.29 is 4.39 Å². The SMILES string of the molecule is CCC1CCC(CC/C=C\c2ccc(C#N)c(F)c2)CC1. The van der Waals surface area contributed by atoms with Crippen molar-refractivity contribution in [3.63, 3.8) is 0 Å². The van der Waals surface area contributed by atoms with Crippen molar-refractivity contribution >= 4 is 6.08 Å². The van der Waals surface area contributed by atoms with E-state index in [4.69, 9.17) is 5.26 Å². The number of allylic oxidation sites excluding steroid dienone is 1. The fraction of sp³-hybridized carbons (Fsp3) is 0.526. The molecule has 21 heavy (non-hydrogen) atoms. The molecule has 1 saturated carbocycles. The highest BCUT2D eigenvalue weighted by Gasteiger charge is 2.18. The lowest BCUT2D eigenvalue weighted by Crippen LogP contribution is -2.13. The van der Waals surface area contributed by atoms with Gasteiger partial charge in [0.2, 0.25) is 0 Å². The van der Waals surface area contributed by atoms with E-state index in [0.717, 1.165) is 23.8 Å². The van der Waals surface area contributed by atoms with E-state index >= 15 is 0 Å². The number of hydrogen-bond donors (Lipinski definition) is 0. The van der Waals surface area contributed by atoms with Gasteiger partial charge in [-0.1, -0.05) is 57.2 Å². The van der Waals surface area contributed by atoms with E-state index < -0.39 is 5.82 Å². The summed E-state index contributed by atoms with van der Waals surface area (Å²) in [5, 5.41) is 8.70. The van der Waals surface area contributed by atoms with Crippen LogP contribution in [-0.2, 0) is 0 Å². The predicted octanol–water partition coefficient (Wildman–Crippen LogP) is 5.71. The van der Waals surface area contributed by atoms with E-state index in [9.17, 15) is 4.39 Å². The van der Waals surface area contributed by atoms with Gasteiger partial charge < -0.3 is 0 Å². The van der Waals surface area contributed by atoms with E-state index in [1.165, 1.54) is 44.6 Å². The Morgan fingerprint density at radius 3 is 2.57 bits per heavy atom. The van der Waals surface area contributed by atoms with Gasteiger partial charge in [0.1, 0.15) is 11.9 Å². The highest BCUT2D eigenvalue weighted by atomic mass is 19.1. The van der Waals surface area contributed by atoms with Crippen LogP contribution in [0.1, 0.15) is 63.0 Å². The molecule has 1 aliphatic carbocycles. The molecule has 0 unspecified atom stereocenters. The smallest absolute Gasteiger partial charge is 0.141 e. The zero-order chi connectivity index (χ0) is 15.1. The lowest BCUT2D eigenvalue weighted by Gasteiger charge is -2.27. The molecule has 1 nitrogen and oxygen atoms in total. The van der Waals surface area contributed by atoms with Gasteiger partial charge in [-0.15, -0.1) is 0 Å². The van der Waals surface area contributed by atoms with Crippen LogP contribution in [0.3, 0.4) is 0 Å². The van der Waals surface area contributed by atoms with Gasteiger partial charge in [0.05, 0.1) is 5.56 Å². The van der Waals surface area contributed by atoms with Crippen LogP contribution in [0.15, 0.2) is 24.3 Å². The number of rotatable bonds is 5. The van der Waals surface area contributed by atoms with Gasteiger partial charge >= 0.3 is 0 Å². The molecule has 0 N–H and O–H groups in total. The Morgan fingerprint density at radius 2 is 1.95 bits per heavy atom. The summed E-state index contributed by atoms with van der Waals surface area (Å²) in [6.07, 6.45) is 13.3. The van der Waals surface area contributed by atoms with Crippen LogP contribution in [-0.4, -0.2) is 0 Å². The van der Waals surface area contributed by atoms with Crippen molar-refractivity contribution in [2.45, 2.75) is 51.9 Å². The average molecular weight is 285 g/mol. The highest BCUT2D eigenvalue weighted by Crippen LogP contribution is 2.33. The van der Waals surface area contributed by atoms with Gasteiger partial charge in [-0.05, 0) is 42.4 Å². The quantitative estimate of drug-likeness (QED) is 0.680. The summed E-state index contributed by atoms with van der Waals surface area (Å²) < 4.78 is 13.5. The van der Waals surface area contributed by atoms with Crippen LogP contribution >= 0.6 is 0 Å². The first-order valence-corrected chi connectivity index (χ1v) is 8.09. The van der Waals surface area contributed by atoms with Crippen LogP contribution in [0.25, 0.3) is 6.08 Å². The molecule has 0 aliphatic heterocycles. The first-order chi connectivity index (χ1) is 10.2. The lowest BCUT2D eigenvalue weighted by atomic mass is 9.79. The molecule has 0 spiro atoms. The number of benzene rings is 1. The highest BCUT2D eigenvalue weighted by molar-refractivity contribution is 5.51. The largest absolute Gasteiger partial charge is 0.206 e. The third-order valence-corrected chi connectivity index (χ3v) is 4.71. The molecule has 1 fully saturated rings. The second kappa shape index (κ2) is 7.98. The summed E-state index contributed by atoms with van der Waals surface area (Å²) in [4.78, 5) is 0. The van der Waals surface area contributed by atoms with Crippen molar-refractivity contribution in [3.05, 3.63) is 41.2 Å². The predicted molar refractivity (Wildman–Crippen MR) is 85.1 cm³/mol. The lowest BCUT2D eigenvalue weighted by molar-refractivity contribution is 0.260. The van der Waals surface area contributed by atoms with Crippen LogP contribution < -0.4 is 0 Å². The standard InChI is InChI=1S/C19H24FN/c1-2-15-7-9-16(10-8-15)5-3-4-6-17-11-12-18(14-21)19(20)13-17/h4,6,11-13,15-16H,2-3,5,7-10H2,1H3/b6-4-. The molecular formula is C19H24FN. The van der Waals surface area contributed by atoms with Gasteiger partial charge in [-0.3, -0.25) is 0 Å². The molecule has 0 aromatic heterocycles. The summed E-state index contributed by atoms with van der Waals surface area (Å²) in [7, 11) is 0.